The molecular weight excluding hydrogens is 260 g/mol. The minimum absolute atomic E-state index is 0.00848. The highest BCUT2D eigenvalue weighted by atomic mass is 16.2. The summed E-state index contributed by atoms with van der Waals surface area (Å²) in [6.45, 7) is 0.00848. The molecule has 0 spiro atoms. The Balaban J connectivity index is 1.78. The Kier molecular flexibility index (Phi) is 5.08. The lowest BCUT2D eigenvalue weighted by molar-refractivity contribution is -0.138. The lowest BCUT2D eigenvalue weighted by atomic mass is 9.85. The van der Waals surface area contributed by atoms with Crippen molar-refractivity contribution < 1.29 is 14.4 Å². The minimum Gasteiger partial charge on any atom is -0.331 e. The van der Waals surface area contributed by atoms with Crippen molar-refractivity contribution in [3.63, 3.8) is 0 Å². The summed E-state index contributed by atoms with van der Waals surface area (Å²) in [5, 5.41) is 7.36. The van der Waals surface area contributed by atoms with Crippen LogP contribution in [0.1, 0.15) is 38.5 Å². The fourth-order valence-electron chi connectivity index (χ4n) is 2.80. The molecule has 0 aromatic rings. The summed E-state index contributed by atoms with van der Waals surface area (Å²) < 4.78 is 0. The van der Waals surface area contributed by atoms with E-state index in [1.54, 1.807) is 0 Å². The number of carbonyl (C=O) groups is 3. The van der Waals surface area contributed by atoms with E-state index < -0.39 is 24.0 Å². The number of nitrogens with two attached hydrogens (primary N) is 1. The monoisotopic (exact) mass is 282 g/mol. The third kappa shape index (κ3) is 4.01. The van der Waals surface area contributed by atoms with Crippen LogP contribution >= 0.6 is 0 Å². The molecule has 1 saturated carbocycles. The summed E-state index contributed by atoms with van der Waals surface area (Å²) in [7, 11) is 0. The number of hydrogen-bond acceptors (Lipinski definition) is 5. The van der Waals surface area contributed by atoms with Gasteiger partial charge in [-0.05, 0) is 12.3 Å². The number of piperazine rings is 1. The standard InChI is InChI=1S/C13H22N4O3/c14-9(6-8-4-2-1-3-5-8)12(19)17-11-13(20)16-10(18)7-15-11/h8-9,11,15H,1-7,14H2,(H,17,19)(H,16,18,20)/t9-,11?/m1/s1. The smallest absolute Gasteiger partial charge is 0.264 e. The molecule has 3 amide bonds. The fraction of sp³-hybridized carbons (Fsp3) is 0.769. The van der Waals surface area contributed by atoms with Gasteiger partial charge in [0.25, 0.3) is 5.91 Å². The van der Waals surface area contributed by atoms with E-state index in [0.717, 1.165) is 12.8 Å². The molecule has 7 nitrogen and oxygen atoms in total. The van der Waals surface area contributed by atoms with Crippen LogP contribution in [0.2, 0.25) is 0 Å². The molecule has 0 radical (unpaired) electrons. The van der Waals surface area contributed by atoms with E-state index in [0.29, 0.717) is 12.3 Å². The van der Waals surface area contributed by atoms with Gasteiger partial charge in [-0.15, -0.1) is 0 Å². The molecule has 7 heteroatoms. The molecule has 5 N–H and O–H groups in total. The Bertz CT molecular complexity index is 393. The summed E-state index contributed by atoms with van der Waals surface area (Å²) in [5.41, 5.74) is 5.90. The second-order valence-corrected chi connectivity index (χ2v) is 5.58. The largest absolute Gasteiger partial charge is 0.331 e. The zero-order valence-corrected chi connectivity index (χ0v) is 11.5. The molecule has 1 aliphatic carbocycles. The van der Waals surface area contributed by atoms with Gasteiger partial charge in [-0.1, -0.05) is 32.1 Å². The van der Waals surface area contributed by atoms with Crippen molar-refractivity contribution in [3.05, 3.63) is 0 Å². The lowest BCUT2D eigenvalue weighted by Crippen LogP contribution is -2.64. The summed E-state index contributed by atoms with van der Waals surface area (Å²) in [6, 6.07) is -0.606. The SMILES string of the molecule is N[C@H](CC1CCCCC1)C(=O)NC1NCC(=O)NC1=O. The first-order chi connectivity index (χ1) is 9.56. The van der Waals surface area contributed by atoms with E-state index in [2.05, 4.69) is 16.0 Å². The van der Waals surface area contributed by atoms with Crippen LogP contribution in [0.15, 0.2) is 0 Å². The van der Waals surface area contributed by atoms with Crippen LogP contribution < -0.4 is 21.7 Å². The van der Waals surface area contributed by atoms with E-state index in [-0.39, 0.29) is 12.5 Å². The molecule has 2 atom stereocenters. The Morgan fingerprint density at radius 2 is 2.00 bits per heavy atom. The van der Waals surface area contributed by atoms with Gasteiger partial charge in [0.1, 0.15) is 0 Å². The van der Waals surface area contributed by atoms with Crippen molar-refractivity contribution in [1.29, 1.82) is 0 Å². The van der Waals surface area contributed by atoms with Crippen LogP contribution in [0.25, 0.3) is 0 Å². The molecule has 1 aliphatic heterocycles. The van der Waals surface area contributed by atoms with Crippen LogP contribution in [0.5, 0.6) is 0 Å². The maximum absolute atomic E-state index is 12.0. The van der Waals surface area contributed by atoms with Gasteiger partial charge in [-0.3, -0.25) is 25.0 Å². The van der Waals surface area contributed by atoms with Gasteiger partial charge in [-0.25, -0.2) is 0 Å². The second-order valence-electron chi connectivity index (χ2n) is 5.58. The van der Waals surface area contributed by atoms with Crippen LogP contribution in [-0.2, 0) is 14.4 Å². The number of carbonyl (C=O) groups excluding carboxylic acids is 3. The molecule has 0 aromatic carbocycles. The highest BCUT2D eigenvalue weighted by Crippen LogP contribution is 2.26. The highest BCUT2D eigenvalue weighted by Gasteiger charge is 2.29. The summed E-state index contributed by atoms with van der Waals surface area (Å²) in [5.74, 6) is -0.789. The second kappa shape index (κ2) is 6.81. The number of hydrogen-bond donors (Lipinski definition) is 4. The number of amides is 3. The maximum atomic E-state index is 12.0. The van der Waals surface area contributed by atoms with Crippen molar-refractivity contribution in [3.8, 4) is 0 Å². The Labute approximate surface area is 118 Å². The number of rotatable bonds is 4. The Hall–Kier alpha value is -1.47. The van der Waals surface area contributed by atoms with Gasteiger partial charge in [0.15, 0.2) is 6.17 Å². The topological polar surface area (TPSA) is 113 Å². The molecule has 1 saturated heterocycles. The normalized spacial score (nSPS) is 25.9. The number of imide groups is 1. The van der Waals surface area contributed by atoms with Crippen LogP contribution in [0.4, 0.5) is 0 Å². The predicted octanol–water partition coefficient (Wildman–Crippen LogP) is -1.03. The molecular formula is C13H22N4O3. The first-order valence-corrected chi connectivity index (χ1v) is 7.19. The van der Waals surface area contributed by atoms with Crippen LogP contribution in [-0.4, -0.2) is 36.5 Å². The summed E-state index contributed by atoms with van der Waals surface area (Å²) in [6.07, 6.45) is 5.69. The minimum atomic E-state index is -0.877. The average Bonchev–Trinajstić information content (AvgIpc) is 2.43. The zero-order chi connectivity index (χ0) is 14.5. The molecule has 0 bridgehead atoms. The Morgan fingerprint density at radius 3 is 2.65 bits per heavy atom. The van der Waals surface area contributed by atoms with Crippen LogP contribution in [0.3, 0.4) is 0 Å². The molecule has 2 aliphatic rings. The van der Waals surface area contributed by atoms with Crippen molar-refractivity contribution in [1.82, 2.24) is 16.0 Å². The molecule has 0 aromatic heterocycles. The first kappa shape index (κ1) is 14.9. The average molecular weight is 282 g/mol. The van der Waals surface area contributed by atoms with E-state index in [1.807, 2.05) is 0 Å². The molecule has 2 rings (SSSR count). The van der Waals surface area contributed by atoms with Gasteiger partial charge >= 0.3 is 0 Å². The summed E-state index contributed by atoms with van der Waals surface area (Å²) in [4.78, 5) is 34.4. The lowest BCUT2D eigenvalue weighted by Gasteiger charge is -2.27. The van der Waals surface area contributed by atoms with Gasteiger partial charge in [0.05, 0.1) is 12.6 Å². The molecule has 2 fully saturated rings. The predicted molar refractivity (Wildman–Crippen MR) is 72.3 cm³/mol. The molecule has 112 valence electrons. The first-order valence-electron chi connectivity index (χ1n) is 7.19. The third-order valence-corrected chi connectivity index (χ3v) is 3.93. The van der Waals surface area contributed by atoms with Gasteiger partial charge < -0.3 is 11.1 Å². The van der Waals surface area contributed by atoms with E-state index in [9.17, 15) is 14.4 Å². The van der Waals surface area contributed by atoms with Gasteiger partial charge in [-0.2, -0.15) is 0 Å². The molecule has 1 unspecified atom stereocenters. The third-order valence-electron chi connectivity index (χ3n) is 3.93. The van der Waals surface area contributed by atoms with Crippen molar-refractivity contribution in [2.45, 2.75) is 50.7 Å². The van der Waals surface area contributed by atoms with E-state index in [4.69, 9.17) is 5.73 Å². The fourth-order valence-corrected chi connectivity index (χ4v) is 2.80. The van der Waals surface area contributed by atoms with Crippen LogP contribution in [0, 0.1) is 5.92 Å². The maximum Gasteiger partial charge on any atom is 0.264 e. The van der Waals surface area contributed by atoms with Crippen molar-refractivity contribution >= 4 is 17.7 Å². The highest BCUT2D eigenvalue weighted by molar-refractivity contribution is 6.02. The molecule has 1 heterocycles. The number of nitrogens with one attached hydrogen (secondary N) is 3. The van der Waals surface area contributed by atoms with Crippen molar-refractivity contribution in [2.75, 3.05) is 6.54 Å². The van der Waals surface area contributed by atoms with E-state index >= 15 is 0 Å². The summed E-state index contributed by atoms with van der Waals surface area (Å²) >= 11 is 0. The van der Waals surface area contributed by atoms with Crippen molar-refractivity contribution in [2.24, 2.45) is 11.7 Å². The zero-order valence-electron chi connectivity index (χ0n) is 11.5. The van der Waals surface area contributed by atoms with Gasteiger partial charge in [0, 0.05) is 0 Å². The quantitative estimate of drug-likeness (QED) is 0.493. The van der Waals surface area contributed by atoms with Gasteiger partial charge in [0.2, 0.25) is 11.8 Å². The molecule has 20 heavy (non-hydrogen) atoms. The Morgan fingerprint density at radius 1 is 1.30 bits per heavy atom. The van der Waals surface area contributed by atoms with E-state index in [1.165, 1.54) is 19.3 Å².